The first-order valence-corrected chi connectivity index (χ1v) is 11.1. The normalized spacial score (nSPS) is 11.9. The molecule has 7 nitrogen and oxygen atoms in total. The van der Waals surface area contributed by atoms with Crippen LogP contribution in [-0.2, 0) is 17.8 Å². The van der Waals surface area contributed by atoms with Crippen LogP contribution in [0.2, 0.25) is 0 Å². The molecule has 1 aliphatic heterocycles. The van der Waals surface area contributed by atoms with Gasteiger partial charge in [-0.3, -0.25) is 9.59 Å². The van der Waals surface area contributed by atoms with Crippen LogP contribution < -0.4 is 20.3 Å². The summed E-state index contributed by atoms with van der Waals surface area (Å²) >= 11 is 0. The second-order valence-corrected chi connectivity index (χ2v) is 8.39. The van der Waals surface area contributed by atoms with Crippen LogP contribution in [0, 0.1) is 13.8 Å². The van der Waals surface area contributed by atoms with Crippen molar-refractivity contribution in [2.45, 2.75) is 26.8 Å². The Morgan fingerprint density at radius 1 is 1.06 bits per heavy atom. The summed E-state index contributed by atoms with van der Waals surface area (Å²) in [5.74, 6) is 1.23. The van der Waals surface area contributed by atoms with Crippen molar-refractivity contribution in [2.75, 3.05) is 12.4 Å². The van der Waals surface area contributed by atoms with Gasteiger partial charge in [0.05, 0.1) is 18.4 Å². The summed E-state index contributed by atoms with van der Waals surface area (Å²) in [6.07, 6.45) is 0.388. The van der Waals surface area contributed by atoms with E-state index in [4.69, 9.17) is 9.47 Å². The number of hydrogen-bond donors (Lipinski definition) is 1. The van der Waals surface area contributed by atoms with Gasteiger partial charge in [-0.1, -0.05) is 48.0 Å². The predicted molar refractivity (Wildman–Crippen MR) is 130 cm³/mol. The zero-order valence-corrected chi connectivity index (χ0v) is 19.3. The van der Waals surface area contributed by atoms with E-state index in [1.165, 1.54) is 0 Å². The Morgan fingerprint density at radius 2 is 1.85 bits per heavy atom. The van der Waals surface area contributed by atoms with Crippen molar-refractivity contribution in [3.63, 3.8) is 0 Å². The van der Waals surface area contributed by atoms with Crippen LogP contribution in [0.15, 0.2) is 71.5 Å². The third-order valence-electron chi connectivity index (χ3n) is 5.96. The fourth-order valence-electron chi connectivity index (χ4n) is 4.39. The highest BCUT2D eigenvalue weighted by Gasteiger charge is 2.31. The Balaban J connectivity index is 1.64. The van der Waals surface area contributed by atoms with Gasteiger partial charge in [-0.2, -0.15) is 0 Å². The second-order valence-electron chi connectivity index (χ2n) is 8.39. The highest BCUT2D eigenvalue weighted by atomic mass is 16.5. The molecule has 0 bridgehead atoms. The molecule has 4 aromatic rings. The second kappa shape index (κ2) is 8.59. The predicted octanol–water partition coefficient (Wildman–Crippen LogP) is 4.60. The van der Waals surface area contributed by atoms with Crippen LogP contribution in [0.25, 0.3) is 5.69 Å². The molecule has 0 saturated carbocycles. The first kappa shape index (κ1) is 21.6. The fraction of sp³-hybridized carbons (Fsp3) is 0.185. The summed E-state index contributed by atoms with van der Waals surface area (Å²) in [4.78, 5) is 26.7. The lowest BCUT2D eigenvalue weighted by Crippen LogP contribution is -2.28. The van der Waals surface area contributed by atoms with Crippen LogP contribution in [0.3, 0.4) is 0 Å². The molecule has 1 amide bonds. The molecule has 34 heavy (non-hydrogen) atoms. The van der Waals surface area contributed by atoms with E-state index in [1.54, 1.807) is 16.5 Å². The summed E-state index contributed by atoms with van der Waals surface area (Å²) in [6, 6.07) is 20.7. The molecule has 1 aromatic heterocycles. The maximum atomic E-state index is 13.7. The van der Waals surface area contributed by atoms with Crippen molar-refractivity contribution in [2.24, 2.45) is 0 Å². The minimum Gasteiger partial charge on any atom is -0.493 e. The summed E-state index contributed by atoms with van der Waals surface area (Å²) in [7, 11) is 1.58. The van der Waals surface area contributed by atoms with Crippen LogP contribution in [0.1, 0.15) is 22.3 Å². The lowest BCUT2D eigenvalue weighted by molar-refractivity contribution is -0.117. The monoisotopic (exact) mass is 455 g/mol. The Morgan fingerprint density at radius 3 is 2.59 bits per heavy atom. The molecule has 7 heteroatoms. The molecule has 0 atom stereocenters. The number of nitrogens with one attached hydrogen (secondary N) is 1. The lowest BCUT2D eigenvalue weighted by Gasteiger charge is -2.21. The molecule has 0 unspecified atom stereocenters. The summed E-state index contributed by atoms with van der Waals surface area (Å²) in [5.41, 5.74) is 4.57. The number of hydrogen-bond acceptors (Lipinski definition) is 4. The van der Waals surface area contributed by atoms with Gasteiger partial charge in [0.2, 0.25) is 11.8 Å². The van der Waals surface area contributed by atoms with Gasteiger partial charge in [0, 0.05) is 17.7 Å². The van der Waals surface area contributed by atoms with E-state index in [2.05, 4.69) is 5.32 Å². The maximum Gasteiger partial charge on any atom is 0.278 e. The van der Waals surface area contributed by atoms with Crippen molar-refractivity contribution in [3.8, 4) is 23.1 Å². The first-order valence-electron chi connectivity index (χ1n) is 11.1. The molecule has 0 radical (unpaired) electrons. The number of carbonyl (C=O) groups is 1. The Hall–Kier alpha value is -4.26. The molecule has 0 fully saturated rings. The topological polar surface area (TPSA) is 74.5 Å². The number of aryl methyl sites for hydroxylation is 2. The van der Waals surface area contributed by atoms with Gasteiger partial charge in [0.25, 0.3) is 5.56 Å². The van der Waals surface area contributed by atoms with Crippen LogP contribution >= 0.6 is 0 Å². The molecule has 1 aliphatic rings. The summed E-state index contributed by atoms with van der Waals surface area (Å²) in [5, 5.41) is 2.90. The molecular weight excluding hydrogens is 430 g/mol. The van der Waals surface area contributed by atoms with Crippen molar-refractivity contribution in [1.82, 2.24) is 9.36 Å². The van der Waals surface area contributed by atoms with E-state index in [1.807, 2.05) is 80.6 Å². The first-order chi connectivity index (χ1) is 16.5. The van der Waals surface area contributed by atoms with Crippen molar-refractivity contribution >= 4 is 11.6 Å². The minimum absolute atomic E-state index is 0.0999. The van der Waals surface area contributed by atoms with Crippen LogP contribution in [0.4, 0.5) is 5.69 Å². The zero-order chi connectivity index (χ0) is 23.8. The standard InChI is InChI=1S/C27H25N3O4/c1-17-12-13-22(18(2)14-17)30-26(32)21-15-19-8-7-11-23(33-3)25(19)34-27(21)29(30)16-24(31)28-20-9-5-4-6-10-20/h4-14H,15-16H2,1-3H3,(H,28,31). The zero-order valence-electron chi connectivity index (χ0n) is 19.3. The average molecular weight is 456 g/mol. The number of methoxy groups -OCH3 is 1. The van der Waals surface area contributed by atoms with E-state index in [0.717, 1.165) is 16.7 Å². The van der Waals surface area contributed by atoms with E-state index in [9.17, 15) is 9.59 Å². The van der Waals surface area contributed by atoms with Gasteiger partial charge >= 0.3 is 0 Å². The molecule has 0 spiro atoms. The van der Waals surface area contributed by atoms with Crippen LogP contribution in [-0.4, -0.2) is 22.4 Å². The molecule has 0 saturated heterocycles. The quantitative estimate of drug-likeness (QED) is 0.420. The van der Waals surface area contributed by atoms with Crippen molar-refractivity contribution < 1.29 is 14.3 Å². The highest BCUT2D eigenvalue weighted by Crippen LogP contribution is 2.42. The van der Waals surface area contributed by atoms with Gasteiger partial charge < -0.3 is 14.8 Å². The van der Waals surface area contributed by atoms with Gasteiger partial charge in [-0.15, -0.1) is 0 Å². The van der Waals surface area contributed by atoms with E-state index in [0.29, 0.717) is 40.7 Å². The Kier molecular flexibility index (Phi) is 5.45. The SMILES string of the molecule is COc1cccc2c1Oc1c(c(=O)n(-c3ccc(C)cc3C)n1CC(=O)Nc1ccccc1)C2. The molecule has 172 valence electrons. The average Bonchev–Trinajstić information content (AvgIpc) is 3.08. The van der Waals surface area contributed by atoms with Gasteiger partial charge in [-0.05, 0) is 43.7 Å². The third kappa shape index (κ3) is 3.75. The van der Waals surface area contributed by atoms with E-state index >= 15 is 0 Å². The fourth-order valence-corrected chi connectivity index (χ4v) is 4.39. The van der Waals surface area contributed by atoms with Crippen molar-refractivity contribution in [1.29, 1.82) is 0 Å². The molecule has 2 heterocycles. The lowest BCUT2D eigenvalue weighted by atomic mass is 10.0. The number of rotatable bonds is 5. The number of carbonyl (C=O) groups excluding carboxylic acids is 1. The number of amides is 1. The Bertz CT molecular complexity index is 1450. The largest absolute Gasteiger partial charge is 0.493 e. The Labute approximate surface area is 197 Å². The van der Waals surface area contributed by atoms with Gasteiger partial charge in [0.1, 0.15) is 6.54 Å². The number of aromatic nitrogens is 2. The molecule has 1 N–H and O–H groups in total. The number of ether oxygens (including phenoxy) is 2. The third-order valence-corrected chi connectivity index (χ3v) is 5.96. The summed E-state index contributed by atoms with van der Waals surface area (Å²) in [6.45, 7) is 3.86. The number of para-hydroxylation sites is 2. The number of benzene rings is 3. The number of nitrogens with zero attached hydrogens (tertiary/aromatic N) is 2. The molecular formula is C27H25N3O4. The van der Waals surface area contributed by atoms with E-state index < -0.39 is 0 Å². The highest BCUT2D eigenvalue weighted by molar-refractivity contribution is 5.90. The van der Waals surface area contributed by atoms with Gasteiger partial charge in [0.15, 0.2) is 11.5 Å². The summed E-state index contributed by atoms with van der Waals surface area (Å²) < 4.78 is 14.9. The maximum absolute atomic E-state index is 13.7. The molecule has 3 aromatic carbocycles. The van der Waals surface area contributed by atoms with E-state index in [-0.39, 0.29) is 18.0 Å². The van der Waals surface area contributed by atoms with Gasteiger partial charge in [-0.25, -0.2) is 9.36 Å². The smallest absolute Gasteiger partial charge is 0.278 e. The minimum atomic E-state index is -0.267. The number of anilines is 1. The molecule has 0 aliphatic carbocycles. The van der Waals surface area contributed by atoms with Crippen LogP contribution in [0.5, 0.6) is 17.4 Å². The molecule has 5 rings (SSSR count). The number of fused-ring (bicyclic) bond motifs is 2. The van der Waals surface area contributed by atoms with Crippen molar-refractivity contribution in [3.05, 3.63) is 99.3 Å².